The van der Waals surface area contributed by atoms with E-state index in [0.29, 0.717) is 24.2 Å². The molecule has 94 valence electrons. The monoisotopic (exact) mass is 255 g/mol. The standard InChI is InChI=1S/C13H18ClNO2/c14-8-9-15(11-5-2-1-3-6-11)13(16)12-7-4-10-17-12/h4,7,10-11H,1-3,5-6,8-9H2. The molecule has 17 heavy (non-hydrogen) atoms. The number of hydrogen-bond acceptors (Lipinski definition) is 2. The number of carbonyl (C=O) groups excluding carboxylic acids is 1. The minimum Gasteiger partial charge on any atom is -0.459 e. The Kier molecular flexibility index (Phi) is 4.49. The summed E-state index contributed by atoms with van der Waals surface area (Å²) in [5.74, 6) is 0.867. The van der Waals surface area contributed by atoms with Gasteiger partial charge >= 0.3 is 0 Å². The fourth-order valence-electron chi connectivity index (χ4n) is 2.48. The lowest BCUT2D eigenvalue weighted by molar-refractivity contribution is 0.0617. The topological polar surface area (TPSA) is 33.5 Å². The highest BCUT2D eigenvalue weighted by Gasteiger charge is 2.26. The predicted octanol–water partition coefficient (Wildman–Crippen LogP) is 3.29. The van der Waals surface area contributed by atoms with Gasteiger partial charge in [0.25, 0.3) is 5.91 Å². The zero-order valence-corrected chi connectivity index (χ0v) is 10.7. The molecule has 0 atom stereocenters. The second-order valence-electron chi connectivity index (χ2n) is 4.46. The summed E-state index contributed by atoms with van der Waals surface area (Å²) >= 11 is 5.80. The molecule has 0 aliphatic heterocycles. The van der Waals surface area contributed by atoms with Gasteiger partial charge in [0.15, 0.2) is 5.76 Å². The van der Waals surface area contributed by atoms with E-state index in [1.807, 2.05) is 4.90 Å². The van der Waals surface area contributed by atoms with Crippen LogP contribution < -0.4 is 0 Å². The van der Waals surface area contributed by atoms with Gasteiger partial charge < -0.3 is 9.32 Å². The van der Waals surface area contributed by atoms with Crippen molar-refractivity contribution in [1.29, 1.82) is 0 Å². The van der Waals surface area contributed by atoms with Crippen molar-refractivity contribution < 1.29 is 9.21 Å². The highest BCUT2D eigenvalue weighted by molar-refractivity contribution is 6.18. The highest BCUT2D eigenvalue weighted by atomic mass is 35.5. The SMILES string of the molecule is O=C(c1ccco1)N(CCCl)C1CCCCC1. The quantitative estimate of drug-likeness (QED) is 0.774. The third-order valence-corrected chi connectivity index (χ3v) is 3.50. The number of hydrogen-bond donors (Lipinski definition) is 0. The number of furan rings is 1. The van der Waals surface area contributed by atoms with Crippen LogP contribution in [0.25, 0.3) is 0 Å². The van der Waals surface area contributed by atoms with Crippen LogP contribution in [0.1, 0.15) is 42.7 Å². The van der Waals surface area contributed by atoms with E-state index >= 15 is 0 Å². The molecule has 1 heterocycles. The lowest BCUT2D eigenvalue weighted by atomic mass is 9.94. The van der Waals surface area contributed by atoms with Crippen molar-refractivity contribution in [1.82, 2.24) is 4.90 Å². The molecule has 3 nitrogen and oxygen atoms in total. The van der Waals surface area contributed by atoms with Crippen molar-refractivity contribution in [2.45, 2.75) is 38.1 Å². The van der Waals surface area contributed by atoms with E-state index in [4.69, 9.17) is 16.0 Å². The predicted molar refractivity (Wildman–Crippen MR) is 67.3 cm³/mol. The zero-order chi connectivity index (χ0) is 12.1. The molecule has 0 bridgehead atoms. The van der Waals surface area contributed by atoms with Gasteiger partial charge in [0.1, 0.15) is 0 Å². The molecule has 4 heteroatoms. The van der Waals surface area contributed by atoms with E-state index < -0.39 is 0 Å². The lowest BCUT2D eigenvalue weighted by Crippen LogP contribution is -2.42. The molecule has 1 amide bonds. The second kappa shape index (κ2) is 6.10. The van der Waals surface area contributed by atoms with Crippen LogP contribution in [-0.2, 0) is 0 Å². The van der Waals surface area contributed by atoms with Crippen molar-refractivity contribution in [2.75, 3.05) is 12.4 Å². The molecule has 0 spiro atoms. The van der Waals surface area contributed by atoms with Gasteiger partial charge in [-0.2, -0.15) is 0 Å². The molecule has 2 rings (SSSR count). The Hall–Kier alpha value is -0.960. The molecular formula is C13H18ClNO2. The van der Waals surface area contributed by atoms with Crippen LogP contribution in [0.3, 0.4) is 0 Å². The number of nitrogens with zero attached hydrogens (tertiary/aromatic N) is 1. The Morgan fingerprint density at radius 3 is 2.76 bits per heavy atom. The Balaban J connectivity index is 2.07. The number of rotatable bonds is 4. The van der Waals surface area contributed by atoms with Crippen molar-refractivity contribution >= 4 is 17.5 Å². The summed E-state index contributed by atoms with van der Waals surface area (Å²) in [4.78, 5) is 14.1. The van der Waals surface area contributed by atoms with Crippen LogP contribution in [0.2, 0.25) is 0 Å². The molecule has 1 saturated carbocycles. The van der Waals surface area contributed by atoms with Gasteiger partial charge in [-0.1, -0.05) is 19.3 Å². The van der Waals surface area contributed by atoms with Crippen molar-refractivity contribution in [2.24, 2.45) is 0 Å². The van der Waals surface area contributed by atoms with Crippen molar-refractivity contribution in [3.8, 4) is 0 Å². The summed E-state index contributed by atoms with van der Waals surface area (Å²) in [5.41, 5.74) is 0. The molecule has 0 N–H and O–H groups in total. The molecular weight excluding hydrogens is 238 g/mol. The summed E-state index contributed by atoms with van der Waals surface area (Å²) in [5, 5.41) is 0. The third-order valence-electron chi connectivity index (χ3n) is 3.33. The Labute approximate surface area is 107 Å². The van der Waals surface area contributed by atoms with E-state index in [2.05, 4.69) is 0 Å². The van der Waals surface area contributed by atoms with Gasteiger partial charge in [-0.05, 0) is 25.0 Å². The Morgan fingerprint density at radius 1 is 1.41 bits per heavy atom. The average molecular weight is 256 g/mol. The third kappa shape index (κ3) is 3.03. The molecule has 0 unspecified atom stereocenters. The van der Waals surface area contributed by atoms with Crippen LogP contribution in [0.5, 0.6) is 0 Å². The van der Waals surface area contributed by atoms with Gasteiger partial charge in [-0.15, -0.1) is 11.6 Å². The van der Waals surface area contributed by atoms with Crippen LogP contribution in [0.4, 0.5) is 0 Å². The maximum absolute atomic E-state index is 12.3. The summed E-state index contributed by atoms with van der Waals surface area (Å²) in [7, 11) is 0. The lowest BCUT2D eigenvalue weighted by Gasteiger charge is -2.33. The van der Waals surface area contributed by atoms with E-state index in [0.717, 1.165) is 12.8 Å². The maximum Gasteiger partial charge on any atom is 0.289 e. The van der Waals surface area contributed by atoms with Crippen LogP contribution >= 0.6 is 11.6 Å². The van der Waals surface area contributed by atoms with E-state index in [1.165, 1.54) is 25.5 Å². The first-order valence-corrected chi connectivity index (χ1v) is 6.77. The van der Waals surface area contributed by atoms with E-state index in [1.54, 1.807) is 12.1 Å². The number of carbonyl (C=O) groups is 1. The summed E-state index contributed by atoms with van der Waals surface area (Å²) in [6, 6.07) is 3.79. The second-order valence-corrected chi connectivity index (χ2v) is 4.83. The molecule has 1 aliphatic rings. The number of amides is 1. The molecule has 1 aliphatic carbocycles. The average Bonchev–Trinajstić information content (AvgIpc) is 2.90. The smallest absolute Gasteiger partial charge is 0.289 e. The minimum atomic E-state index is -0.0254. The molecule has 1 fully saturated rings. The van der Waals surface area contributed by atoms with Gasteiger partial charge in [0, 0.05) is 18.5 Å². The fraction of sp³-hybridized carbons (Fsp3) is 0.615. The zero-order valence-electron chi connectivity index (χ0n) is 9.90. The fourth-order valence-corrected chi connectivity index (χ4v) is 2.66. The molecule has 1 aromatic heterocycles. The first-order chi connectivity index (χ1) is 8.33. The Morgan fingerprint density at radius 2 is 2.18 bits per heavy atom. The maximum atomic E-state index is 12.3. The first kappa shape index (κ1) is 12.5. The van der Waals surface area contributed by atoms with Gasteiger partial charge in [0.2, 0.25) is 0 Å². The molecule has 1 aromatic rings. The van der Waals surface area contributed by atoms with E-state index in [-0.39, 0.29) is 5.91 Å². The van der Waals surface area contributed by atoms with Crippen molar-refractivity contribution in [3.63, 3.8) is 0 Å². The Bertz CT molecular complexity index is 344. The van der Waals surface area contributed by atoms with Gasteiger partial charge in [0.05, 0.1) is 6.26 Å². The van der Waals surface area contributed by atoms with Crippen LogP contribution in [0.15, 0.2) is 22.8 Å². The van der Waals surface area contributed by atoms with Gasteiger partial charge in [-0.25, -0.2) is 0 Å². The molecule has 0 aromatic carbocycles. The molecule has 0 saturated heterocycles. The summed E-state index contributed by atoms with van der Waals surface area (Å²) in [6.45, 7) is 0.603. The van der Waals surface area contributed by atoms with E-state index in [9.17, 15) is 4.79 Å². The van der Waals surface area contributed by atoms with Crippen LogP contribution in [-0.4, -0.2) is 29.3 Å². The summed E-state index contributed by atoms with van der Waals surface area (Å²) < 4.78 is 5.18. The summed E-state index contributed by atoms with van der Waals surface area (Å²) in [6.07, 6.45) is 7.39. The minimum absolute atomic E-state index is 0.0254. The number of alkyl halides is 1. The first-order valence-electron chi connectivity index (χ1n) is 6.23. The largest absolute Gasteiger partial charge is 0.459 e. The normalized spacial score (nSPS) is 17.0. The molecule has 0 radical (unpaired) electrons. The number of halogens is 1. The van der Waals surface area contributed by atoms with Crippen molar-refractivity contribution in [3.05, 3.63) is 24.2 Å². The van der Waals surface area contributed by atoms with Gasteiger partial charge in [-0.3, -0.25) is 4.79 Å². The highest BCUT2D eigenvalue weighted by Crippen LogP contribution is 2.24. The van der Waals surface area contributed by atoms with Crippen LogP contribution in [0, 0.1) is 0 Å².